The van der Waals surface area contributed by atoms with Gasteiger partial charge in [0.05, 0.1) is 13.7 Å². The SMILES string of the molecule is COc1cccc([C@@H]2OC(c3ccc(OCCCO)cc3)=N[C@]2(CCC(=O)OC(C)(C)C)C(=O)NN(C)C)c1. The Morgan fingerprint density at radius 1 is 1.13 bits per heavy atom. The fourth-order valence-electron chi connectivity index (χ4n) is 4.16. The Morgan fingerprint density at radius 3 is 2.46 bits per heavy atom. The van der Waals surface area contributed by atoms with Crippen LogP contribution in [-0.2, 0) is 19.1 Å². The van der Waals surface area contributed by atoms with Crippen molar-refractivity contribution in [1.82, 2.24) is 10.4 Å². The minimum atomic E-state index is -1.47. The number of methoxy groups -OCH3 is 1. The first-order chi connectivity index (χ1) is 18.5. The van der Waals surface area contributed by atoms with Crippen molar-refractivity contribution >= 4 is 17.8 Å². The van der Waals surface area contributed by atoms with Crippen molar-refractivity contribution in [2.75, 3.05) is 34.4 Å². The lowest BCUT2D eigenvalue weighted by Crippen LogP contribution is -2.52. The lowest BCUT2D eigenvalue weighted by Gasteiger charge is -2.32. The molecule has 0 unspecified atom stereocenters. The Hall–Kier alpha value is -3.63. The summed E-state index contributed by atoms with van der Waals surface area (Å²) < 4.78 is 23.0. The van der Waals surface area contributed by atoms with Gasteiger partial charge in [-0.2, -0.15) is 0 Å². The summed E-state index contributed by atoms with van der Waals surface area (Å²) in [7, 11) is 4.97. The smallest absolute Gasteiger partial charge is 0.306 e. The van der Waals surface area contributed by atoms with E-state index in [0.717, 1.165) is 0 Å². The number of aliphatic hydroxyl groups is 1. The van der Waals surface area contributed by atoms with Crippen molar-refractivity contribution in [1.29, 1.82) is 0 Å². The first kappa shape index (κ1) is 29.9. The van der Waals surface area contributed by atoms with Gasteiger partial charge in [-0.3, -0.25) is 15.0 Å². The summed E-state index contributed by atoms with van der Waals surface area (Å²) in [4.78, 5) is 31.4. The van der Waals surface area contributed by atoms with E-state index in [1.165, 1.54) is 5.01 Å². The summed E-state index contributed by atoms with van der Waals surface area (Å²) in [6.45, 7) is 5.83. The molecule has 39 heavy (non-hydrogen) atoms. The van der Waals surface area contributed by atoms with E-state index in [1.54, 1.807) is 78.4 Å². The lowest BCUT2D eigenvalue weighted by atomic mass is 9.83. The molecule has 2 aromatic carbocycles. The number of aliphatic hydroxyl groups excluding tert-OH is 1. The summed E-state index contributed by atoms with van der Waals surface area (Å²) in [5, 5.41) is 10.5. The summed E-state index contributed by atoms with van der Waals surface area (Å²) in [6, 6.07) is 14.4. The third-order valence-electron chi connectivity index (χ3n) is 5.88. The molecule has 10 nitrogen and oxygen atoms in total. The second-order valence-corrected chi connectivity index (χ2v) is 10.5. The minimum absolute atomic E-state index is 0.0453. The van der Waals surface area contributed by atoms with Crippen molar-refractivity contribution in [2.24, 2.45) is 4.99 Å². The zero-order valence-electron chi connectivity index (χ0n) is 23.5. The van der Waals surface area contributed by atoms with Crippen LogP contribution < -0.4 is 14.9 Å². The van der Waals surface area contributed by atoms with E-state index < -0.39 is 29.1 Å². The van der Waals surface area contributed by atoms with E-state index in [0.29, 0.717) is 35.7 Å². The molecule has 0 bridgehead atoms. The number of carbonyl (C=O) groups excluding carboxylic acids is 2. The Bertz CT molecular complexity index is 1160. The number of nitrogens with one attached hydrogen (secondary N) is 1. The van der Waals surface area contributed by atoms with Crippen LogP contribution in [0.25, 0.3) is 0 Å². The van der Waals surface area contributed by atoms with Crippen LogP contribution in [0.5, 0.6) is 11.5 Å². The number of hydrogen-bond donors (Lipinski definition) is 2. The summed E-state index contributed by atoms with van der Waals surface area (Å²) >= 11 is 0. The van der Waals surface area contributed by atoms with E-state index in [4.69, 9.17) is 29.0 Å². The van der Waals surface area contributed by atoms with Crippen molar-refractivity contribution in [3.8, 4) is 11.5 Å². The molecular formula is C29H39N3O7. The van der Waals surface area contributed by atoms with Gasteiger partial charge in [0.25, 0.3) is 5.91 Å². The third-order valence-corrected chi connectivity index (χ3v) is 5.88. The first-order valence-electron chi connectivity index (χ1n) is 12.9. The molecule has 2 N–H and O–H groups in total. The maximum atomic E-state index is 13.8. The molecule has 0 radical (unpaired) electrons. The molecule has 0 aromatic heterocycles. The quantitative estimate of drug-likeness (QED) is 0.238. The fourth-order valence-corrected chi connectivity index (χ4v) is 4.16. The predicted octanol–water partition coefficient (Wildman–Crippen LogP) is 3.43. The van der Waals surface area contributed by atoms with Crippen LogP contribution in [0.4, 0.5) is 0 Å². The fraction of sp³-hybridized carbons (Fsp3) is 0.483. The zero-order chi connectivity index (χ0) is 28.6. The van der Waals surface area contributed by atoms with Gasteiger partial charge in [-0.1, -0.05) is 12.1 Å². The van der Waals surface area contributed by atoms with Gasteiger partial charge in [0, 0.05) is 39.1 Å². The molecule has 0 saturated carbocycles. The van der Waals surface area contributed by atoms with Gasteiger partial charge < -0.3 is 24.1 Å². The van der Waals surface area contributed by atoms with Crippen molar-refractivity contribution in [3.63, 3.8) is 0 Å². The standard InChI is InChI=1S/C29H39N3O7/c1-28(2,3)39-24(34)15-16-29(27(35)31-32(4)5)25(21-9-7-10-23(19-21)36-6)38-26(30-29)20-11-13-22(14-12-20)37-18-8-17-33/h7,9-14,19,25,33H,8,15-18H2,1-6H3,(H,31,35)/t25-,29-/m0/s1. The van der Waals surface area contributed by atoms with Gasteiger partial charge >= 0.3 is 5.97 Å². The zero-order valence-corrected chi connectivity index (χ0v) is 23.5. The summed E-state index contributed by atoms with van der Waals surface area (Å²) in [5.74, 6) is 0.655. The minimum Gasteiger partial charge on any atom is -0.497 e. The largest absolute Gasteiger partial charge is 0.497 e. The highest BCUT2D eigenvalue weighted by Gasteiger charge is 2.53. The number of hydrazine groups is 1. The molecule has 10 heteroatoms. The number of carbonyl (C=O) groups is 2. The topological polar surface area (TPSA) is 119 Å². The summed E-state index contributed by atoms with van der Waals surface area (Å²) in [6.07, 6.45) is -0.308. The van der Waals surface area contributed by atoms with E-state index in [2.05, 4.69) is 5.43 Å². The molecule has 1 amide bonds. The molecule has 1 heterocycles. The van der Waals surface area contributed by atoms with Crippen LogP contribution in [0.1, 0.15) is 57.3 Å². The lowest BCUT2D eigenvalue weighted by molar-refractivity contribution is -0.155. The van der Waals surface area contributed by atoms with Crippen LogP contribution in [-0.4, -0.2) is 73.4 Å². The molecule has 2 atom stereocenters. The molecule has 0 saturated heterocycles. The van der Waals surface area contributed by atoms with E-state index in [1.807, 2.05) is 12.1 Å². The Kier molecular flexibility index (Phi) is 9.93. The van der Waals surface area contributed by atoms with Gasteiger partial charge in [-0.25, -0.2) is 10.0 Å². The number of rotatable bonds is 12. The van der Waals surface area contributed by atoms with Crippen molar-refractivity contribution in [3.05, 3.63) is 59.7 Å². The highest BCUT2D eigenvalue weighted by atomic mass is 16.6. The maximum absolute atomic E-state index is 13.8. The number of hydrogen-bond acceptors (Lipinski definition) is 9. The highest BCUT2D eigenvalue weighted by Crippen LogP contribution is 2.44. The van der Waals surface area contributed by atoms with E-state index >= 15 is 0 Å². The van der Waals surface area contributed by atoms with Crippen molar-refractivity contribution < 1.29 is 33.6 Å². The second kappa shape index (κ2) is 12.9. The second-order valence-electron chi connectivity index (χ2n) is 10.5. The molecule has 1 aliphatic heterocycles. The van der Waals surface area contributed by atoms with Gasteiger partial charge in [0.2, 0.25) is 5.90 Å². The molecule has 0 spiro atoms. The van der Waals surface area contributed by atoms with Gasteiger partial charge in [0.15, 0.2) is 11.6 Å². The maximum Gasteiger partial charge on any atom is 0.306 e. The average molecular weight is 542 g/mol. The first-order valence-corrected chi connectivity index (χ1v) is 12.9. The molecule has 0 aliphatic carbocycles. The van der Waals surface area contributed by atoms with E-state index in [9.17, 15) is 9.59 Å². The number of benzene rings is 2. The van der Waals surface area contributed by atoms with Crippen LogP contribution in [0, 0.1) is 0 Å². The molecule has 2 aromatic rings. The monoisotopic (exact) mass is 541 g/mol. The molecule has 0 fully saturated rings. The van der Waals surface area contributed by atoms with Gasteiger partial charge in [-0.15, -0.1) is 0 Å². The van der Waals surface area contributed by atoms with Gasteiger partial charge in [0.1, 0.15) is 17.1 Å². The van der Waals surface area contributed by atoms with Crippen LogP contribution >= 0.6 is 0 Å². The average Bonchev–Trinajstić information content (AvgIpc) is 3.28. The number of nitrogens with zero attached hydrogens (tertiary/aromatic N) is 2. The van der Waals surface area contributed by atoms with E-state index in [-0.39, 0.29) is 25.3 Å². The summed E-state index contributed by atoms with van der Waals surface area (Å²) in [5.41, 5.74) is 2.01. The molecule has 212 valence electrons. The number of amides is 1. The molecular weight excluding hydrogens is 502 g/mol. The normalized spacial score (nSPS) is 18.8. The highest BCUT2D eigenvalue weighted by molar-refractivity contribution is 6.01. The Balaban J connectivity index is 2.04. The molecule has 3 rings (SSSR count). The molecule has 1 aliphatic rings. The predicted molar refractivity (Wildman–Crippen MR) is 147 cm³/mol. The van der Waals surface area contributed by atoms with Crippen molar-refractivity contribution in [2.45, 2.75) is 57.3 Å². The number of esters is 1. The third kappa shape index (κ3) is 7.93. The number of ether oxygens (including phenoxy) is 4. The Morgan fingerprint density at radius 2 is 1.85 bits per heavy atom. The number of aliphatic imine (C=N–C) groups is 1. The Labute approximate surface area is 229 Å². The van der Waals surface area contributed by atoms with Crippen LogP contribution in [0.3, 0.4) is 0 Å². The van der Waals surface area contributed by atoms with Crippen LogP contribution in [0.15, 0.2) is 53.5 Å². The van der Waals surface area contributed by atoms with Crippen LogP contribution in [0.2, 0.25) is 0 Å². The van der Waals surface area contributed by atoms with Gasteiger partial charge in [-0.05, 0) is 69.2 Å².